The lowest BCUT2D eigenvalue weighted by atomic mass is 9.92. The molecule has 9 heteroatoms. The van der Waals surface area contributed by atoms with Gasteiger partial charge in [-0.15, -0.1) is 24.0 Å². The van der Waals surface area contributed by atoms with Crippen LogP contribution in [0.4, 0.5) is 0 Å². The normalized spacial score (nSPS) is 16.1. The highest BCUT2D eigenvalue weighted by Gasteiger charge is 2.27. The number of hydrogen-bond acceptors (Lipinski definition) is 5. The van der Waals surface area contributed by atoms with Crippen LogP contribution in [-0.4, -0.2) is 71.6 Å². The Morgan fingerprint density at radius 1 is 1.19 bits per heavy atom. The minimum Gasteiger partial charge on any atom is -0.379 e. The summed E-state index contributed by atoms with van der Waals surface area (Å²) in [6, 6.07) is 6.42. The van der Waals surface area contributed by atoms with Crippen LogP contribution in [0.2, 0.25) is 0 Å². The largest absolute Gasteiger partial charge is 0.379 e. The maximum absolute atomic E-state index is 5.56. The molecule has 2 aromatic rings. The minimum absolute atomic E-state index is 0. The molecule has 0 saturated carbocycles. The predicted molar refractivity (Wildman–Crippen MR) is 135 cm³/mol. The summed E-state index contributed by atoms with van der Waals surface area (Å²) >= 11 is 0. The Bertz CT molecular complexity index is 774. The lowest BCUT2D eigenvalue weighted by molar-refractivity contribution is 0.00272. The fourth-order valence-electron chi connectivity index (χ4n) is 4.04. The number of nitrogens with one attached hydrogen (secondary N) is 2. The van der Waals surface area contributed by atoms with Gasteiger partial charge in [0, 0.05) is 57.9 Å². The van der Waals surface area contributed by atoms with Crippen molar-refractivity contribution in [3.05, 3.63) is 42.4 Å². The van der Waals surface area contributed by atoms with Gasteiger partial charge in [0.25, 0.3) is 0 Å². The molecule has 0 aliphatic carbocycles. The SMILES string of the molecule is CCC(CC)C(CNC(=NC)NCc1ccnc(-n2cccn2)c1)N1CCOCC1.I. The molecule has 1 aliphatic heterocycles. The van der Waals surface area contributed by atoms with Crippen LogP contribution in [0.15, 0.2) is 41.8 Å². The van der Waals surface area contributed by atoms with Crippen LogP contribution in [0, 0.1) is 5.92 Å². The molecule has 0 radical (unpaired) electrons. The fraction of sp³-hybridized carbons (Fsp3) is 0.591. The van der Waals surface area contributed by atoms with Gasteiger partial charge in [-0.05, 0) is 29.7 Å². The van der Waals surface area contributed by atoms with Gasteiger partial charge >= 0.3 is 0 Å². The molecule has 3 heterocycles. The molecule has 1 atom stereocenters. The predicted octanol–water partition coefficient (Wildman–Crippen LogP) is 2.69. The maximum Gasteiger partial charge on any atom is 0.191 e. The molecule has 172 valence electrons. The van der Waals surface area contributed by atoms with Gasteiger partial charge in [-0.3, -0.25) is 9.89 Å². The first-order chi connectivity index (χ1) is 14.7. The number of pyridine rings is 1. The molecular weight excluding hydrogens is 505 g/mol. The Kier molecular flexibility index (Phi) is 11.2. The van der Waals surface area contributed by atoms with E-state index < -0.39 is 0 Å². The molecule has 1 saturated heterocycles. The molecule has 1 fully saturated rings. The third-order valence-corrected chi connectivity index (χ3v) is 5.82. The summed E-state index contributed by atoms with van der Waals surface area (Å²) in [4.78, 5) is 11.4. The summed E-state index contributed by atoms with van der Waals surface area (Å²) in [6.45, 7) is 9.77. The average Bonchev–Trinajstić information content (AvgIpc) is 3.34. The van der Waals surface area contributed by atoms with Crippen LogP contribution in [0.25, 0.3) is 5.82 Å². The first-order valence-corrected chi connectivity index (χ1v) is 11.0. The Labute approximate surface area is 202 Å². The number of aliphatic imine (C=N–C) groups is 1. The highest BCUT2D eigenvalue weighted by atomic mass is 127. The first kappa shape index (κ1) is 25.5. The molecule has 3 rings (SSSR count). The molecule has 0 spiro atoms. The molecule has 2 N–H and O–H groups in total. The smallest absolute Gasteiger partial charge is 0.191 e. The van der Waals surface area contributed by atoms with Crippen LogP contribution >= 0.6 is 24.0 Å². The van der Waals surface area contributed by atoms with Crippen LogP contribution in [-0.2, 0) is 11.3 Å². The van der Waals surface area contributed by atoms with Gasteiger partial charge in [-0.2, -0.15) is 5.10 Å². The highest BCUT2D eigenvalue weighted by molar-refractivity contribution is 14.0. The van der Waals surface area contributed by atoms with E-state index in [0.29, 0.717) is 18.5 Å². The monoisotopic (exact) mass is 541 g/mol. The zero-order valence-corrected chi connectivity index (χ0v) is 21.2. The summed E-state index contributed by atoms with van der Waals surface area (Å²) in [5, 5.41) is 11.2. The summed E-state index contributed by atoms with van der Waals surface area (Å²) in [7, 11) is 1.82. The van der Waals surface area contributed by atoms with Crippen molar-refractivity contribution < 1.29 is 4.74 Å². The molecule has 8 nitrogen and oxygen atoms in total. The van der Waals surface area contributed by atoms with Gasteiger partial charge in [-0.25, -0.2) is 9.67 Å². The van der Waals surface area contributed by atoms with Crippen LogP contribution in [0.1, 0.15) is 32.3 Å². The number of morpholine rings is 1. The van der Waals surface area contributed by atoms with Crippen molar-refractivity contribution in [2.45, 2.75) is 39.3 Å². The summed E-state index contributed by atoms with van der Waals surface area (Å²) in [5.41, 5.74) is 1.13. The third kappa shape index (κ3) is 7.43. The molecular formula is C22H36IN7O. The van der Waals surface area contributed by atoms with Crippen molar-refractivity contribution in [2.75, 3.05) is 39.9 Å². The number of aromatic nitrogens is 3. The Morgan fingerprint density at radius 3 is 2.61 bits per heavy atom. The van der Waals surface area contributed by atoms with Gasteiger partial charge in [0.1, 0.15) is 0 Å². The average molecular weight is 541 g/mol. The molecule has 0 bridgehead atoms. The van der Waals surface area contributed by atoms with Crippen molar-refractivity contribution in [2.24, 2.45) is 10.9 Å². The van der Waals surface area contributed by atoms with E-state index in [0.717, 1.165) is 50.2 Å². The van der Waals surface area contributed by atoms with Crippen LogP contribution in [0.3, 0.4) is 0 Å². The van der Waals surface area contributed by atoms with Gasteiger partial charge in [0.05, 0.1) is 13.2 Å². The second kappa shape index (κ2) is 13.6. The number of rotatable bonds is 9. The molecule has 2 aromatic heterocycles. The van der Waals surface area contributed by atoms with Crippen LogP contribution in [0.5, 0.6) is 0 Å². The van der Waals surface area contributed by atoms with Gasteiger partial charge < -0.3 is 15.4 Å². The van der Waals surface area contributed by atoms with Crippen molar-refractivity contribution >= 4 is 29.9 Å². The summed E-state index contributed by atoms with van der Waals surface area (Å²) in [6.07, 6.45) is 7.82. The number of guanidine groups is 1. The van der Waals surface area contributed by atoms with E-state index in [9.17, 15) is 0 Å². The maximum atomic E-state index is 5.56. The van der Waals surface area contributed by atoms with E-state index >= 15 is 0 Å². The van der Waals surface area contributed by atoms with E-state index in [1.807, 2.05) is 37.6 Å². The topological polar surface area (TPSA) is 79.6 Å². The number of nitrogens with zero attached hydrogens (tertiary/aromatic N) is 5. The van der Waals surface area contributed by atoms with E-state index in [2.05, 4.69) is 44.5 Å². The standard InChI is InChI=1S/C22H35N7O.HI/c1-4-19(5-2)20(28-11-13-30-14-12-28)17-26-22(23-3)25-16-18-7-9-24-21(15-18)29-10-6-8-27-29;/h6-10,15,19-20H,4-5,11-14,16-17H2,1-3H3,(H2,23,25,26);1H. The lowest BCUT2D eigenvalue weighted by Crippen LogP contribution is -2.53. The Balaban J connectivity index is 0.00000341. The zero-order chi connectivity index (χ0) is 21.2. The second-order valence-corrected chi connectivity index (χ2v) is 7.57. The number of halogens is 1. The molecule has 1 unspecified atom stereocenters. The number of hydrogen-bond donors (Lipinski definition) is 2. The highest BCUT2D eigenvalue weighted by Crippen LogP contribution is 2.19. The Hall–Kier alpha value is -1.72. The van der Waals surface area contributed by atoms with Crippen molar-refractivity contribution in [3.8, 4) is 5.82 Å². The first-order valence-electron chi connectivity index (χ1n) is 11.0. The molecule has 1 aliphatic rings. The quantitative estimate of drug-likeness (QED) is 0.289. The van der Waals surface area contributed by atoms with E-state index in [-0.39, 0.29) is 24.0 Å². The second-order valence-electron chi connectivity index (χ2n) is 7.57. The van der Waals surface area contributed by atoms with E-state index in [1.54, 1.807) is 10.9 Å². The minimum atomic E-state index is 0. The van der Waals surface area contributed by atoms with Crippen molar-refractivity contribution in [1.29, 1.82) is 0 Å². The lowest BCUT2D eigenvalue weighted by Gasteiger charge is -2.39. The van der Waals surface area contributed by atoms with Gasteiger partial charge in [-0.1, -0.05) is 26.7 Å². The zero-order valence-electron chi connectivity index (χ0n) is 18.8. The number of ether oxygens (including phenoxy) is 1. The van der Waals surface area contributed by atoms with Gasteiger partial charge in [0.15, 0.2) is 11.8 Å². The van der Waals surface area contributed by atoms with Crippen molar-refractivity contribution in [3.63, 3.8) is 0 Å². The summed E-state index contributed by atoms with van der Waals surface area (Å²) < 4.78 is 7.32. The molecule has 31 heavy (non-hydrogen) atoms. The molecule has 0 aromatic carbocycles. The van der Waals surface area contributed by atoms with Crippen molar-refractivity contribution in [1.82, 2.24) is 30.3 Å². The molecule has 0 amide bonds. The third-order valence-electron chi connectivity index (χ3n) is 5.82. The van der Waals surface area contributed by atoms with Gasteiger partial charge in [0.2, 0.25) is 0 Å². The Morgan fingerprint density at radius 2 is 1.97 bits per heavy atom. The van der Waals surface area contributed by atoms with E-state index in [1.165, 1.54) is 12.8 Å². The van der Waals surface area contributed by atoms with E-state index in [4.69, 9.17) is 4.74 Å². The fourth-order valence-corrected chi connectivity index (χ4v) is 4.04. The summed E-state index contributed by atoms with van der Waals surface area (Å²) in [5.74, 6) is 2.28. The van der Waals surface area contributed by atoms with Crippen LogP contribution < -0.4 is 10.6 Å².